The molecule has 2 aromatic rings. The van der Waals surface area contributed by atoms with Gasteiger partial charge < -0.3 is 5.11 Å². The summed E-state index contributed by atoms with van der Waals surface area (Å²) in [7, 11) is 0. The fourth-order valence-electron chi connectivity index (χ4n) is 1.60. The second kappa shape index (κ2) is 3.67. The number of nitrogens with zero attached hydrogens (tertiary/aromatic N) is 2. The van der Waals surface area contributed by atoms with Gasteiger partial charge >= 0.3 is 4.87 Å². The molecule has 0 amide bonds. The van der Waals surface area contributed by atoms with Gasteiger partial charge in [-0.15, -0.1) is 10.2 Å². The van der Waals surface area contributed by atoms with Gasteiger partial charge in [0.05, 0.1) is 16.3 Å². The van der Waals surface area contributed by atoms with Crippen LogP contribution in [0, 0.1) is 0 Å². The van der Waals surface area contributed by atoms with E-state index in [1.165, 1.54) is 0 Å². The standard InChI is InChI=1S/C11H7N3O2S/c15-10-9(17-11(16)12-10)5-8-6-3-1-2-4-7(6)13-14-8/h1-5,15H,(H,12,16). The molecule has 84 valence electrons. The lowest BCUT2D eigenvalue weighted by atomic mass is 10.1. The summed E-state index contributed by atoms with van der Waals surface area (Å²) in [5.41, 5.74) is 2.33. The van der Waals surface area contributed by atoms with Crippen LogP contribution in [0.2, 0.25) is 0 Å². The Morgan fingerprint density at radius 2 is 2.12 bits per heavy atom. The molecule has 0 fully saturated rings. The SMILES string of the molecule is O=c1[nH]c(O)c(C=C2N=Nc3ccccc32)s1. The average molecular weight is 245 g/mol. The molecular weight excluding hydrogens is 238 g/mol. The zero-order valence-corrected chi connectivity index (χ0v) is 9.36. The Hall–Kier alpha value is -2.21. The molecular formula is C11H7N3O2S. The van der Waals surface area contributed by atoms with Gasteiger partial charge in [0, 0.05) is 5.56 Å². The summed E-state index contributed by atoms with van der Waals surface area (Å²) in [5.74, 6) is -0.132. The van der Waals surface area contributed by atoms with E-state index in [1.54, 1.807) is 6.08 Å². The first-order valence-electron chi connectivity index (χ1n) is 4.89. The maximum atomic E-state index is 11.1. The highest BCUT2D eigenvalue weighted by Gasteiger charge is 2.14. The van der Waals surface area contributed by atoms with E-state index < -0.39 is 0 Å². The Bertz CT molecular complexity index is 697. The van der Waals surface area contributed by atoms with Gasteiger partial charge in [0.1, 0.15) is 0 Å². The molecule has 2 heterocycles. The van der Waals surface area contributed by atoms with Gasteiger partial charge in [0.15, 0.2) is 0 Å². The molecule has 5 nitrogen and oxygen atoms in total. The van der Waals surface area contributed by atoms with Crippen LogP contribution in [0.1, 0.15) is 10.4 Å². The van der Waals surface area contributed by atoms with Gasteiger partial charge in [-0.2, -0.15) is 0 Å². The van der Waals surface area contributed by atoms with Crippen LogP contribution in [-0.4, -0.2) is 10.1 Å². The Morgan fingerprint density at radius 1 is 1.29 bits per heavy atom. The number of fused-ring (bicyclic) bond motifs is 1. The predicted octanol–water partition coefficient (Wildman–Crippen LogP) is 2.74. The summed E-state index contributed by atoms with van der Waals surface area (Å²) in [6, 6.07) is 7.53. The third-order valence-electron chi connectivity index (χ3n) is 2.37. The van der Waals surface area contributed by atoms with Crippen molar-refractivity contribution in [2.45, 2.75) is 0 Å². The van der Waals surface area contributed by atoms with Crippen LogP contribution in [0.3, 0.4) is 0 Å². The normalized spacial score (nSPS) is 15.4. The van der Waals surface area contributed by atoms with E-state index in [4.69, 9.17) is 0 Å². The summed E-state index contributed by atoms with van der Waals surface area (Å²) in [5, 5.41) is 17.5. The number of benzene rings is 1. The van der Waals surface area contributed by atoms with Crippen LogP contribution < -0.4 is 4.87 Å². The zero-order valence-electron chi connectivity index (χ0n) is 8.54. The molecule has 0 saturated carbocycles. The molecule has 0 spiro atoms. The minimum atomic E-state index is -0.294. The fraction of sp³-hybridized carbons (Fsp3) is 0. The lowest BCUT2D eigenvalue weighted by Gasteiger charge is -1.95. The summed E-state index contributed by atoms with van der Waals surface area (Å²) in [4.78, 5) is 13.5. The summed E-state index contributed by atoms with van der Waals surface area (Å²) >= 11 is 0.937. The third-order valence-corrected chi connectivity index (χ3v) is 3.19. The minimum Gasteiger partial charge on any atom is -0.493 e. The van der Waals surface area contributed by atoms with Gasteiger partial charge in [0.2, 0.25) is 5.88 Å². The first-order valence-corrected chi connectivity index (χ1v) is 5.70. The molecule has 6 heteroatoms. The van der Waals surface area contributed by atoms with Crippen LogP contribution >= 0.6 is 11.3 Å². The van der Waals surface area contributed by atoms with Gasteiger partial charge in [-0.1, -0.05) is 29.5 Å². The lowest BCUT2D eigenvalue weighted by molar-refractivity contribution is 0.455. The molecule has 0 unspecified atom stereocenters. The topological polar surface area (TPSA) is 77.8 Å². The van der Waals surface area contributed by atoms with Crippen molar-refractivity contribution in [2.24, 2.45) is 10.2 Å². The van der Waals surface area contributed by atoms with Gasteiger partial charge in [0.25, 0.3) is 0 Å². The summed E-state index contributed by atoms with van der Waals surface area (Å²) in [6.45, 7) is 0. The number of azo groups is 1. The van der Waals surface area contributed by atoms with E-state index in [9.17, 15) is 9.90 Å². The molecule has 0 bridgehead atoms. The van der Waals surface area contributed by atoms with Gasteiger partial charge in [-0.25, -0.2) is 0 Å². The molecule has 0 radical (unpaired) electrons. The van der Waals surface area contributed by atoms with Gasteiger partial charge in [-0.05, 0) is 12.1 Å². The Labute approximate surface area is 99.8 Å². The first kappa shape index (κ1) is 9.98. The third kappa shape index (κ3) is 1.68. The second-order valence-corrected chi connectivity index (χ2v) is 4.49. The van der Waals surface area contributed by atoms with Crippen molar-refractivity contribution in [3.8, 4) is 5.88 Å². The Balaban J connectivity index is 2.11. The Kier molecular flexibility index (Phi) is 2.15. The van der Waals surface area contributed by atoms with Crippen LogP contribution in [0.5, 0.6) is 5.88 Å². The maximum Gasteiger partial charge on any atom is 0.307 e. The van der Waals surface area contributed by atoms with E-state index in [1.807, 2.05) is 24.3 Å². The van der Waals surface area contributed by atoms with Crippen LogP contribution in [0.4, 0.5) is 5.69 Å². The second-order valence-electron chi connectivity index (χ2n) is 3.47. The smallest absolute Gasteiger partial charge is 0.307 e. The first-order chi connectivity index (χ1) is 8.24. The number of thiazole rings is 1. The molecule has 17 heavy (non-hydrogen) atoms. The number of nitrogens with one attached hydrogen (secondary N) is 1. The fourth-order valence-corrected chi connectivity index (χ4v) is 2.27. The van der Waals surface area contributed by atoms with E-state index in [0.717, 1.165) is 22.6 Å². The highest BCUT2D eigenvalue weighted by Crippen LogP contribution is 2.36. The lowest BCUT2D eigenvalue weighted by Crippen LogP contribution is -1.89. The Morgan fingerprint density at radius 3 is 2.88 bits per heavy atom. The molecule has 0 atom stereocenters. The molecule has 1 aromatic carbocycles. The average Bonchev–Trinajstić information content (AvgIpc) is 2.85. The van der Waals surface area contributed by atoms with Crippen molar-refractivity contribution in [3.05, 3.63) is 44.4 Å². The van der Waals surface area contributed by atoms with Crippen molar-refractivity contribution in [1.29, 1.82) is 0 Å². The molecule has 2 N–H and O–H groups in total. The molecule has 1 aliphatic heterocycles. The van der Waals surface area contributed by atoms with E-state index >= 15 is 0 Å². The summed E-state index contributed by atoms with van der Waals surface area (Å²) < 4.78 is 0. The quantitative estimate of drug-likeness (QED) is 0.810. The van der Waals surface area contributed by atoms with Crippen molar-refractivity contribution in [3.63, 3.8) is 0 Å². The monoisotopic (exact) mass is 245 g/mol. The largest absolute Gasteiger partial charge is 0.493 e. The highest BCUT2D eigenvalue weighted by molar-refractivity contribution is 7.10. The van der Waals surface area contributed by atoms with E-state index in [-0.39, 0.29) is 10.8 Å². The minimum absolute atomic E-state index is 0.132. The number of aromatic hydroxyl groups is 1. The van der Waals surface area contributed by atoms with E-state index in [2.05, 4.69) is 15.2 Å². The number of H-pyrrole nitrogens is 1. The summed E-state index contributed by atoms with van der Waals surface area (Å²) in [6.07, 6.45) is 1.65. The number of hydrogen-bond acceptors (Lipinski definition) is 5. The molecule has 3 rings (SSSR count). The van der Waals surface area contributed by atoms with Crippen LogP contribution in [0.15, 0.2) is 39.3 Å². The predicted molar refractivity (Wildman–Crippen MR) is 65.4 cm³/mol. The maximum absolute atomic E-state index is 11.1. The number of hydrogen-bond donors (Lipinski definition) is 2. The molecule has 1 aromatic heterocycles. The van der Waals surface area contributed by atoms with Crippen molar-refractivity contribution >= 4 is 28.8 Å². The molecule has 0 aliphatic carbocycles. The van der Waals surface area contributed by atoms with Gasteiger partial charge in [-0.3, -0.25) is 9.78 Å². The molecule has 0 saturated heterocycles. The van der Waals surface area contributed by atoms with E-state index in [0.29, 0.717) is 10.6 Å². The van der Waals surface area contributed by atoms with Crippen molar-refractivity contribution < 1.29 is 5.11 Å². The number of aromatic nitrogens is 1. The number of aromatic amines is 1. The van der Waals surface area contributed by atoms with Crippen LogP contribution in [-0.2, 0) is 0 Å². The number of rotatable bonds is 1. The zero-order chi connectivity index (χ0) is 11.8. The van der Waals surface area contributed by atoms with Crippen molar-refractivity contribution in [1.82, 2.24) is 4.98 Å². The molecule has 1 aliphatic rings. The van der Waals surface area contributed by atoms with Crippen molar-refractivity contribution in [2.75, 3.05) is 0 Å². The highest BCUT2D eigenvalue weighted by atomic mass is 32.1. The van der Waals surface area contributed by atoms with Crippen LogP contribution in [0.25, 0.3) is 11.8 Å².